The third-order valence-corrected chi connectivity index (χ3v) is 4.83. The van der Waals surface area contributed by atoms with Crippen molar-refractivity contribution in [2.24, 2.45) is 7.05 Å². The zero-order valence-corrected chi connectivity index (χ0v) is 12.7. The topological polar surface area (TPSA) is 63.1 Å². The Morgan fingerprint density at radius 2 is 2.00 bits per heavy atom. The number of anilines is 1. The molecular formula is C14H19N3O2S. The normalized spacial score (nSPS) is 11.6. The van der Waals surface area contributed by atoms with E-state index in [2.05, 4.69) is 10.0 Å². The first kappa shape index (κ1) is 14.6. The summed E-state index contributed by atoms with van der Waals surface area (Å²) in [6.07, 6.45) is 1.98. The summed E-state index contributed by atoms with van der Waals surface area (Å²) in [4.78, 5) is 0.303. The zero-order valence-electron chi connectivity index (χ0n) is 11.8. The number of nitrogens with zero attached hydrogens (tertiary/aromatic N) is 1. The molecule has 108 valence electrons. The summed E-state index contributed by atoms with van der Waals surface area (Å²) in [7, 11) is -0.0361. The average molecular weight is 293 g/mol. The molecule has 2 aromatic rings. The fraction of sp³-hybridized carbons (Fsp3) is 0.286. The number of nitrogens with one attached hydrogen (secondary N) is 2. The van der Waals surface area contributed by atoms with E-state index in [1.54, 1.807) is 19.1 Å². The molecule has 20 heavy (non-hydrogen) atoms. The number of aromatic nitrogens is 1. The maximum absolute atomic E-state index is 11.9. The lowest BCUT2D eigenvalue weighted by Gasteiger charge is -2.11. The van der Waals surface area contributed by atoms with E-state index in [9.17, 15) is 8.42 Å². The molecule has 0 unspecified atom stereocenters. The predicted molar refractivity (Wildman–Crippen MR) is 80.2 cm³/mol. The lowest BCUT2D eigenvalue weighted by molar-refractivity contribution is 0.587. The van der Waals surface area contributed by atoms with Gasteiger partial charge in [0.2, 0.25) is 10.0 Å². The molecule has 6 heteroatoms. The molecule has 5 nitrogen and oxygen atoms in total. The summed E-state index contributed by atoms with van der Waals surface area (Å²) in [5.74, 6) is 0. The van der Waals surface area contributed by atoms with Crippen LogP contribution >= 0.6 is 0 Å². The first-order valence-corrected chi connectivity index (χ1v) is 7.80. The van der Waals surface area contributed by atoms with Crippen LogP contribution in [-0.2, 0) is 23.6 Å². The van der Waals surface area contributed by atoms with E-state index in [1.807, 2.05) is 36.0 Å². The molecule has 0 radical (unpaired) electrons. The number of hydrogen-bond acceptors (Lipinski definition) is 3. The molecule has 1 heterocycles. The summed E-state index contributed by atoms with van der Waals surface area (Å²) in [6.45, 7) is 2.43. The van der Waals surface area contributed by atoms with Gasteiger partial charge in [0.1, 0.15) is 0 Å². The fourth-order valence-corrected chi connectivity index (χ4v) is 2.98. The van der Waals surface area contributed by atoms with Crippen LogP contribution in [0.4, 0.5) is 5.69 Å². The van der Waals surface area contributed by atoms with Crippen molar-refractivity contribution in [3.8, 4) is 0 Å². The van der Waals surface area contributed by atoms with E-state index >= 15 is 0 Å². The number of benzene rings is 1. The molecule has 0 aliphatic heterocycles. The van der Waals surface area contributed by atoms with Gasteiger partial charge in [-0.2, -0.15) is 0 Å². The Hall–Kier alpha value is -1.79. The number of hydrogen-bond donors (Lipinski definition) is 2. The zero-order chi connectivity index (χ0) is 14.8. The van der Waals surface area contributed by atoms with Crippen LogP contribution in [0.3, 0.4) is 0 Å². The highest BCUT2D eigenvalue weighted by Gasteiger charge is 2.14. The summed E-state index contributed by atoms with van der Waals surface area (Å²) < 4.78 is 28.2. The first-order valence-electron chi connectivity index (χ1n) is 6.32. The maximum Gasteiger partial charge on any atom is 0.240 e. The van der Waals surface area contributed by atoms with Gasteiger partial charge in [-0.15, -0.1) is 0 Å². The summed E-state index contributed by atoms with van der Waals surface area (Å²) >= 11 is 0. The SMILES string of the molecule is CNS(=O)(=O)c1cc(NCc2cccn2C)ccc1C. The van der Waals surface area contributed by atoms with Crippen molar-refractivity contribution in [2.75, 3.05) is 12.4 Å². The van der Waals surface area contributed by atoms with Crippen LogP contribution in [0.15, 0.2) is 41.4 Å². The molecule has 0 bridgehead atoms. The number of rotatable bonds is 5. The third kappa shape index (κ3) is 3.02. The second-order valence-electron chi connectivity index (χ2n) is 4.65. The standard InChI is InChI=1S/C14H19N3O2S/c1-11-6-7-12(9-14(11)20(18,19)15-2)16-10-13-5-4-8-17(13)3/h4-9,15-16H,10H2,1-3H3. The summed E-state index contributed by atoms with van der Waals surface area (Å²) in [5.41, 5.74) is 2.64. The highest BCUT2D eigenvalue weighted by Crippen LogP contribution is 2.20. The van der Waals surface area contributed by atoms with Crippen molar-refractivity contribution >= 4 is 15.7 Å². The van der Waals surface area contributed by atoms with Gasteiger partial charge in [0.15, 0.2) is 0 Å². The van der Waals surface area contributed by atoms with Gasteiger partial charge in [-0.1, -0.05) is 6.07 Å². The minimum absolute atomic E-state index is 0.303. The summed E-state index contributed by atoms with van der Waals surface area (Å²) in [5, 5.41) is 3.24. The molecule has 1 aromatic carbocycles. The van der Waals surface area contributed by atoms with Crippen molar-refractivity contribution in [3.63, 3.8) is 0 Å². The van der Waals surface area contributed by atoms with Crippen molar-refractivity contribution in [3.05, 3.63) is 47.8 Å². The summed E-state index contributed by atoms with van der Waals surface area (Å²) in [6, 6.07) is 9.34. The van der Waals surface area contributed by atoms with Gasteiger partial charge >= 0.3 is 0 Å². The van der Waals surface area contributed by atoms with Crippen LogP contribution in [-0.4, -0.2) is 20.0 Å². The van der Waals surface area contributed by atoms with Gasteiger partial charge in [-0.3, -0.25) is 0 Å². The largest absolute Gasteiger partial charge is 0.379 e. The minimum atomic E-state index is -3.43. The number of aryl methyl sites for hydroxylation is 2. The molecule has 2 rings (SSSR count). The van der Waals surface area contributed by atoms with Gasteiger partial charge in [-0.05, 0) is 43.8 Å². The molecule has 0 spiro atoms. The highest BCUT2D eigenvalue weighted by atomic mass is 32.2. The molecule has 0 saturated carbocycles. The van der Waals surface area contributed by atoms with Gasteiger partial charge < -0.3 is 9.88 Å². The molecule has 0 aliphatic rings. The van der Waals surface area contributed by atoms with E-state index in [-0.39, 0.29) is 0 Å². The molecule has 0 fully saturated rings. The van der Waals surface area contributed by atoms with Crippen molar-refractivity contribution in [1.82, 2.24) is 9.29 Å². The van der Waals surface area contributed by atoms with Crippen LogP contribution in [0.2, 0.25) is 0 Å². The molecule has 0 amide bonds. The van der Waals surface area contributed by atoms with Gasteiger partial charge in [0.05, 0.1) is 11.4 Å². The molecular weight excluding hydrogens is 274 g/mol. The Morgan fingerprint density at radius 1 is 1.25 bits per heavy atom. The lowest BCUT2D eigenvalue weighted by Crippen LogP contribution is -2.19. The van der Waals surface area contributed by atoms with E-state index in [0.717, 1.165) is 16.9 Å². The Kier molecular flexibility index (Phi) is 4.15. The second-order valence-corrected chi connectivity index (χ2v) is 6.51. The van der Waals surface area contributed by atoms with Crippen molar-refractivity contribution < 1.29 is 8.42 Å². The molecule has 2 N–H and O–H groups in total. The quantitative estimate of drug-likeness (QED) is 0.884. The molecule has 1 aromatic heterocycles. The van der Waals surface area contributed by atoms with E-state index in [0.29, 0.717) is 11.4 Å². The average Bonchev–Trinajstić information content (AvgIpc) is 2.83. The maximum atomic E-state index is 11.9. The second kappa shape index (κ2) is 5.68. The smallest absolute Gasteiger partial charge is 0.240 e. The third-order valence-electron chi connectivity index (χ3n) is 3.27. The Balaban J connectivity index is 2.22. The molecule has 0 atom stereocenters. The van der Waals surface area contributed by atoms with E-state index in [4.69, 9.17) is 0 Å². The Labute approximate surface area is 119 Å². The highest BCUT2D eigenvalue weighted by molar-refractivity contribution is 7.89. The Morgan fingerprint density at radius 3 is 2.60 bits per heavy atom. The molecule has 0 saturated heterocycles. The molecule has 0 aliphatic carbocycles. The van der Waals surface area contributed by atoms with E-state index < -0.39 is 10.0 Å². The lowest BCUT2D eigenvalue weighted by atomic mass is 10.2. The van der Waals surface area contributed by atoms with Gasteiger partial charge in [-0.25, -0.2) is 13.1 Å². The van der Waals surface area contributed by atoms with Gasteiger partial charge in [0, 0.05) is 24.6 Å². The van der Waals surface area contributed by atoms with Gasteiger partial charge in [0.25, 0.3) is 0 Å². The van der Waals surface area contributed by atoms with E-state index in [1.165, 1.54) is 7.05 Å². The van der Waals surface area contributed by atoms with Crippen molar-refractivity contribution in [1.29, 1.82) is 0 Å². The van der Waals surface area contributed by atoms with Crippen molar-refractivity contribution in [2.45, 2.75) is 18.4 Å². The van der Waals surface area contributed by atoms with Crippen LogP contribution in [0.1, 0.15) is 11.3 Å². The number of sulfonamides is 1. The fourth-order valence-electron chi connectivity index (χ4n) is 1.98. The predicted octanol–water partition coefficient (Wildman–Crippen LogP) is 1.85. The monoisotopic (exact) mass is 293 g/mol. The van der Waals surface area contributed by atoms with Crippen LogP contribution in [0.5, 0.6) is 0 Å². The van der Waals surface area contributed by atoms with Crippen LogP contribution < -0.4 is 10.0 Å². The van der Waals surface area contributed by atoms with Crippen LogP contribution in [0.25, 0.3) is 0 Å². The Bertz CT molecular complexity index is 705. The van der Waals surface area contributed by atoms with Crippen LogP contribution in [0, 0.1) is 6.92 Å². The minimum Gasteiger partial charge on any atom is -0.379 e. The first-order chi connectivity index (χ1) is 9.44.